The van der Waals surface area contributed by atoms with E-state index in [1.165, 1.54) is 12.1 Å². The van der Waals surface area contributed by atoms with Crippen molar-refractivity contribution in [2.24, 2.45) is 0 Å². The van der Waals surface area contributed by atoms with Crippen LogP contribution in [0, 0.1) is 5.82 Å². The zero-order valence-electron chi connectivity index (χ0n) is 18.7. The number of amides is 2. The largest absolute Gasteiger partial charge is 0.343 e. The molecule has 0 aromatic heterocycles. The van der Waals surface area contributed by atoms with Gasteiger partial charge in [-0.3, -0.25) is 14.5 Å². The van der Waals surface area contributed by atoms with E-state index in [4.69, 9.17) is 0 Å². The van der Waals surface area contributed by atoms with Crippen molar-refractivity contribution < 1.29 is 14.0 Å². The van der Waals surface area contributed by atoms with Gasteiger partial charge < -0.3 is 10.2 Å². The van der Waals surface area contributed by atoms with E-state index in [-0.39, 0.29) is 29.6 Å². The van der Waals surface area contributed by atoms with Crippen LogP contribution in [0.2, 0.25) is 0 Å². The molecular formula is C25H32FN3O2. The fraction of sp³-hybridized carbons (Fsp3) is 0.440. The Morgan fingerprint density at radius 3 is 2.26 bits per heavy atom. The Labute approximate surface area is 184 Å². The molecule has 3 rings (SSSR count). The van der Waals surface area contributed by atoms with Gasteiger partial charge in [0.15, 0.2) is 0 Å². The molecule has 1 saturated heterocycles. The molecule has 1 heterocycles. The van der Waals surface area contributed by atoms with Crippen LogP contribution in [-0.2, 0) is 16.8 Å². The number of nitrogens with zero attached hydrogens (tertiary/aromatic N) is 2. The van der Waals surface area contributed by atoms with Crippen LogP contribution in [0.1, 0.15) is 48.7 Å². The van der Waals surface area contributed by atoms with Crippen molar-refractivity contribution in [2.75, 3.05) is 32.7 Å². The third-order valence-corrected chi connectivity index (χ3v) is 5.67. The highest BCUT2D eigenvalue weighted by Gasteiger charge is 2.20. The summed E-state index contributed by atoms with van der Waals surface area (Å²) in [5, 5.41) is 2.75. The molecule has 2 aromatic carbocycles. The second-order valence-electron chi connectivity index (χ2n) is 9.15. The lowest BCUT2D eigenvalue weighted by Gasteiger charge is -2.22. The molecule has 2 amide bonds. The van der Waals surface area contributed by atoms with Gasteiger partial charge in [-0.05, 0) is 47.2 Å². The highest BCUT2D eigenvalue weighted by atomic mass is 19.1. The second-order valence-corrected chi connectivity index (χ2v) is 9.15. The topological polar surface area (TPSA) is 52.7 Å². The van der Waals surface area contributed by atoms with Gasteiger partial charge in [0.1, 0.15) is 5.82 Å². The normalized spacial score (nSPS) is 15.4. The minimum absolute atomic E-state index is 0.00216. The second kappa shape index (κ2) is 10.1. The van der Waals surface area contributed by atoms with Crippen molar-refractivity contribution in [1.29, 1.82) is 0 Å². The van der Waals surface area contributed by atoms with E-state index in [9.17, 15) is 14.0 Å². The summed E-state index contributed by atoms with van der Waals surface area (Å²) in [5.41, 5.74) is 2.81. The van der Waals surface area contributed by atoms with Crippen LogP contribution in [0.15, 0.2) is 48.5 Å². The smallest absolute Gasteiger partial charge is 0.251 e. The number of nitrogens with one attached hydrogen (secondary N) is 1. The standard InChI is InChI=1S/C25H32FN3O2/c1-25(2,3)21-9-7-20(8-10-21)24(31)27-17-23(30)29-14-4-13-28(15-16-29)18-19-5-11-22(26)12-6-19/h5-12H,4,13-18H2,1-3H3,(H,27,31). The summed E-state index contributed by atoms with van der Waals surface area (Å²) < 4.78 is 13.1. The Balaban J connectivity index is 1.47. The Kier molecular flexibility index (Phi) is 7.44. The maximum Gasteiger partial charge on any atom is 0.251 e. The molecule has 1 aliphatic heterocycles. The molecule has 0 radical (unpaired) electrons. The SMILES string of the molecule is CC(C)(C)c1ccc(C(=O)NCC(=O)N2CCCN(Cc3ccc(F)cc3)CC2)cc1. The molecule has 5 nitrogen and oxygen atoms in total. The lowest BCUT2D eigenvalue weighted by molar-refractivity contribution is -0.130. The minimum atomic E-state index is -0.235. The predicted molar refractivity (Wildman–Crippen MR) is 120 cm³/mol. The maximum absolute atomic E-state index is 13.1. The molecule has 1 fully saturated rings. The molecule has 1 N–H and O–H groups in total. The summed E-state index contributed by atoms with van der Waals surface area (Å²) in [5.74, 6) is -0.534. The van der Waals surface area contributed by atoms with E-state index in [0.29, 0.717) is 18.7 Å². The predicted octanol–water partition coefficient (Wildman–Crippen LogP) is 3.59. The van der Waals surface area contributed by atoms with Crippen LogP contribution in [0.3, 0.4) is 0 Å². The van der Waals surface area contributed by atoms with E-state index < -0.39 is 0 Å². The van der Waals surface area contributed by atoms with E-state index in [1.807, 2.05) is 17.0 Å². The number of hydrogen-bond donors (Lipinski definition) is 1. The van der Waals surface area contributed by atoms with Gasteiger partial charge >= 0.3 is 0 Å². The zero-order chi connectivity index (χ0) is 22.4. The van der Waals surface area contributed by atoms with Gasteiger partial charge in [-0.2, -0.15) is 0 Å². The maximum atomic E-state index is 13.1. The molecular weight excluding hydrogens is 393 g/mol. The lowest BCUT2D eigenvalue weighted by Crippen LogP contribution is -2.42. The van der Waals surface area contributed by atoms with Gasteiger partial charge in [-0.1, -0.05) is 45.0 Å². The van der Waals surface area contributed by atoms with Crippen LogP contribution in [0.5, 0.6) is 0 Å². The molecule has 1 aliphatic rings. The van der Waals surface area contributed by atoms with Gasteiger partial charge in [0.05, 0.1) is 6.54 Å². The lowest BCUT2D eigenvalue weighted by atomic mass is 9.87. The Morgan fingerprint density at radius 1 is 0.935 bits per heavy atom. The molecule has 6 heteroatoms. The van der Waals surface area contributed by atoms with E-state index in [2.05, 4.69) is 31.0 Å². The van der Waals surface area contributed by atoms with Crippen molar-refractivity contribution in [3.05, 3.63) is 71.0 Å². The third kappa shape index (κ3) is 6.62. The monoisotopic (exact) mass is 425 g/mol. The van der Waals surface area contributed by atoms with Gasteiger partial charge in [0, 0.05) is 38.3 Å². The van der Waals surface area contributed by atoms with Crippen molar-refractivity contribution in [2.45, 2.75) is 39.2 Å². The van der Waals surface area contributed by atoms with Gasteiger partial charge in [0.25, 0.3) is 5.91 Å². The summed E-state index contributed by atoms with van der Waals surface area (Å²) in [6.07, 6.45) is 0.870. The van der Waals surface area contributed by atoms with Crippen LogP contribution in [-0.4, -0.2) is 54.3 Å². The van der Waals surface area contributed by atoms with Crippen LogP contribution in [0.25, 0.3) is 0 Å². The molecule has 0 spiro atoms. The molecule has 0 atom stereocenters. The average Bonchev–Trinajstić information content (AvgIpc) is 2.98. The number of rotatable bonds is 5. The summed E-state index contributed by atoms with van der Waals surface area (Å²) in [4.78, 5) is 29.1. The van der Waals surface area contributed by atoms with Crippen LogP contribution < -0.4 is 5.32 Å². The van der Waals surface area contributed by atoms with Gasteiger partial charge in [0.2, 0.25) is 5.91 Å². The Bertz CT molecular complexity index is 888. The Hall–Kier alpha value is -2.73. The molecule has 0 unspecified atom stereocenters. The molecule has 0 bridgehead atoms. The van der Waals surface area contributed by atoms with Crippen molar-refractivity contribution in [3.63, 3.8) is 0 Å². The fourth-order valence-electron chi connectivity index (χ4n) is 3.72. The molecule has 2 aromatic rings. The van der Waals surface area contributed by atoms with Gasteiger partial charge in [-0.25, -0.2) is 4.39 Å². The van der Waals surface area contributed by atoms with Crippen molar-refractivity contribution in [1.82, 2.24) is 15.1 Å². The quantitative estimate of drug-likeness (QED) is 0.797. The van der Waals surface area contributed by atoms with E-state index in [0.717, 1.165) is 37.2 Å². The van der Waals surface area contributed by atoms with Gasteiger partial charge in [-0.15, -0.1) is 0 Å². The first-order valence-electron chi connectivity index (χ1n) is 10.9. The summed E-state index contributed by atoms with van der Waals surface area (Å²) in [6.45, 7) is 10.1. The van der Waals surface area contributed by atoms with Crippen molar-refractivity contribution >= 4 is 11.8 Å². The minimum Gasteiger partial charge on any atom is -0.343 e. The number of halogens is 1. The van der Waals surface area contributed by atoms with E-state index >= 15 is 0 Å². The van der Waals surface area contributed by atoms with E-state index in [1.54, 1.807) is 24.3 Å². The first-order valence-corrected chi connectivity index (χ1v) is 10.9. The summed E-state index contributed by atoms with van der Waals surface area (Å²) in [7, 11) is 0. The van der Waals surface area contributed by atoms with Crippen LogP contribution in [0.4, 0.5) is 4.39 Å². The third-order valence-electron chi connectivity index (χ3n) is 5.67. The van der Waals surface area contributed by atoms with Crippen LogP contribution >= 0.6 is 0 Å². The molecule has 166 valence electrons. The zero-order valence-corrected chi connectivity index (χ0v) is 18.7. The molecule has 0 aliphatic carbocycles. The summed E-state index contributed by atoms with van der Waals surface area (Å²) in [6, 6.07) is 14.1. The number of carbonyl (C=O) groups is 2. The average molecular weight is 426 g/mol. The summed E-state index contributed by atoms with van der Waals surface area (Å²) >= 11 is 0. The fourth-order valence-corrected chi connectivity index (χ4v) is 3.72. The number of hydrogen-bond acceptors (Lipinski definition) is 3. The first-order chi connectivity index (χ1) is 14.7. The number of benzene rings is 2. The highest BCUT2D eigenvalue weighted by molar-refractivity contribution is 5.96. The Morgan fingerprint density at radius 2 is 1.61 bits per heavy atom. The highest BCUT2D eigenvalue weighted by Crippen LogP contribution is 2.22. The molecule has 0 saturated carbocycles. The first kappa shape index (κ1) is 22.9. The van der Waals surface area contributed by atoms with Crippen molar-refractivity contribution in [3.8, 4) is 0 Å². The number of carbonyl (C=O) groups excluding carboxylic acids is 2. The molecule has 31 heavy (non-hydrogen) atoms.